The number of hydrogen-bond donors (Lipinski definition) is 0. The first kappa shape index (κ1) is 35.8. The Bertz CT molecular complexity index is 1910. The van der Waals surface area contributed by atoms with Gasteiger partial charge in [0.25, 0.3) is 0 Å². The van der Waals surface area contributed by atoms with Gasteiger partial charge in [-0.05, 0) is 75.3 Å². The molecule has 51 heavy (non-hydrogen) atoms. The van der Waals surface area contributed by atoms with Crippen molar-refractivity contribution in [2.75, 3.05) is 12.0 Å². The normalized spacial score (nSPS) is 16.3. The number of benzene rings is 1. The van der Waals surface area contributed by atoms with E-state index in [2.05, 4.69) is 74.8 Å². The summed E-state index contributed by atoms with van der Waals surface area (Å²) in [6.45, 7) is 13.0. The Balaban J connectivity index is 1.19. The zero-order valence-electron chi connectivity index (χ0n) is 30.9. The first-order valence-electron chi connectivity index (χ1n) is 18.0. The standard InChI is InChI=1S/C40H49N9O2/c1-26(2)48-25-27(3)37(47-48)38-32(40(4,5)6)22-42-34(46-38)19-29-13-16-31(17-14-29)49(36(50)18-15-28-11-9-8-10-12-28)35-24-41-33(23-43-35)30-20-44-39(51-7)45-21-30/h8-12,20-26,29,31H,13-19H2,1-7H3. The largest absolute Gasteiger partial charge is 0.467 e. The Labute approximate surface area is 301 Å². The number of carbonyl (C=O) groups excluding carboxylic acids is 1. The molecule has 11 heteroatoms. The summed E-state index contributed by atoms with van der Waals surface area (Å²) in [6, 6.07) is 10.7. The highest BCUT2D eigenvalue weighted by Crippen LogP contribution is 2.35. The summed E-state index contributed by atoms with van der Waals surface area (Å²) in [4.78, 5) is 43.7. The zero-order valence-corrected chi connectivity index (χ0v) is 30.9. The third-order valence-electron chi connectivity index (χ3n) is 9.70. The van der Waals surface area contributed by atoms with Crippen molar-refractivity contribution in [2.45, 2.75) is 104 Å². The molecule has 1 aliphatic rings. The molecule has 0 aliphatic heterocycles. The third kappa shape index (κ3) is 8.46. The molecule has 1 saturated carbocycles. The van der Waals surface area contributed by atoms with E-state index >= 15 is 0 Å². The van der Waals surface area contributed by atoms with E-state index < -0.39 is 0 Å². The van der Waals surface area contributed by atoms with Gasteiger partial charge in [0.15, 0.2) is 5.82 Å². The minimum atomic E-state index is -0.125. The van der Waals surface area contributed by atoms with Crippen LogP contribution in [0.15, 0.2) is 67.5 Å². The second-order valence-corrected chi connectivity index (χ2v) is 14.9. The number of hydrogen-bond acceptors (Lipinski definition) is 9. The van der Waals surface area contributed by atoms with Crippen molar-refractivity contribution in [3.8, 4) is 28.7 Å². The Morgan fingerprint density at radius 1 is 0.922 bits per heavy atom. The molecule has 0 radical (unpaired) electrons. The molecule has 1 amide bonds. The summed E-state index contributed by atoms with van der Waals surface area (Å²) in [5.41, 5.74) is 6.44. The number of aryl methyl sites for hydroxylation is 2. The summed E-state index contributed by atoms with van der Waals surface area (Å²) < 4.78 is 7.10. The maximum absolute atomic E-state index is 14.0. The Hall–Kier alpha value is -5.06. The molecule has 11 nitrogen and oxygen atoms in total. The van der Waals surface area contributed by atoms with Crippen molar-refractivity contribution < 1.29 is 9.53 Å². The van der Waals surface area contributed by atoms with Gasteiger partial charge in [-0.2, -0.15) is 5.10 Å². The summed E-state index contributed by atoms with van der Waals surface area (Å²) in [7, 11) is 1.53. The lowest BCUT2D eigenvalue weighted by Crippen LogP contribution is -2.43. The van der Waals surface area contributed by atoms with Gasteiger partial charge < -0.3 is 4.74 Å². The predicted octanol–water partition coefficient (Wildman–Crippen LogP) is 7.55. The highest BCUT2D eigenvalue weighted by atomic mass is 16.5. The SMILES string of the molecule is COc1ncc(-c2cnc(N(C(=O)CCc3ccccc3)C3CCC(Cc4ncc(C(C)(C)C)c(-c5nn(C(C)C)cc5C)n4)CC3)cn2)cn1. The molecule has 0 N–H and O–H groups in total. The average molecular weight is 688 g/mol. The number of carbonyl (C=O) groups is 1. The highest BCUT2D eigenvalue weighted by Gasteiger charge is 2.32. The van der Waals surface area contributed by atoms with Gasteiger partial charge in [0.1, 0.15) is 11.5 Å². The van der Waals surface area contributed by atoms with Crippen LogP contribution in [0, 0.1) is 12.8 Å². The highest BCUT2D eigenvalue weighted by molar-refractivity contribution is 5.93. The molecule has 4 heterocycles. The van der Waals surface area contributed by atoms with Crippen molar-refractivity contribution in [1.82, 2.24) is 39.7 Å². The molecule has 0 bridgehead atoms. The molecule has 1 aliphatic carbocycles. The molecule has 5 aromatic rings. The molecular formula is C40H49N9O2. The fourth-order valence-electron chi connectivity index (χ4n) is 6.78. The van der Waals surface area contributed by atoms with Gasteiger partial charge in [0.2, 0.25) is 5.91 Å². The van der Waals surface area contributed by atoms with Crippen molar-refractivity contribution >= 4 is 11.7 Å². The quantitative estimate of drug-likeness (QED) is 0.138. The van der Waals surface area contributed by atoms with E-state index in [1.165, 1.54) is 7.11 Å². The Morgan fingerprint density at radius 2 is 1.65 bits per heavy atom. The van der Waals surface area contributed by atoms with Gasteiger partial charge in [-0.25, -0.2) is 24.9 Å². The van der Waals surface area contributed by atoms with Crippen LogP contribution >= 0.6 is 0 Å². The molecule has 0 spiro atoms. The van der Waals surface area contributed by atoms with Gasteiger partial charge in [-0.1, -0.05) is 51.1 Å². The van der Waals surface area contributed by atoms with Gasteiger partial charge >= 0.3 is 6.01 Å². The number of ether oxygens (including phenoxy) is 1. The van der Waals surface area contributed by atoms with E-state index in [0.29, 0.717) is 30.3 Å². The summed E-state index contributed by atoms with van der Waals surface area (Å²) in [5.74, 6) is 1.88. The molecule has 266 valence electrons. The van der Waals surface area contributed by atoms with Crippen molar-refractivity contribution in [3.05, 3.63) is 90.0 Å². The minimum absolute atomic E-state index is 0.0244. The molecule has 1 aromatic carbocycles. The molecule has 0 atom stereocenters. The van der Waals surface area contributed by atoms with Crippen LogP contribution in [0.25, 0.3) is 22.6 Å². The lowest BCUT2D eigenvalue weighted by molar-refractivity contribution is -0.119. The number of methoxy groups -OCH3 is 1. The van der Waals surface area contributed by atoms with Crippen LogP contribution < -0.4 is 9.64 Å². The summed E-state index contributed by atoms with van der Waals surface area (Å²) in [5, 5.41) is 4.95. The second kappa shape index (κ2) is 15.4. The molecule has 0 saturated heterocycles. The molecule has 0 unspecified atom stereocenters. The van der Waals surface area contributed by atoms with E-state index in [1.807, 2.05) is 34.0 Å². The van der Waals surface area contributed by atoms with Crippen molar-refractivity contribution in [1.29, 1.82) is 0 Å². The lowest BCUT2D eigenvalue weighted by atomic mass is 9.82. The van der Waals surface area contributed by atoms with Gasteiger partial charge in [-0.15, -0.1) is 0 Å². The molecule has 6 rings (SSSR count). The number of nitrogens with zero attached hydrogens (tertiary/aromatic N) is 9. The van der Waals surface area contributed by atoms with E-state index in [9.17, 15) is 4.79 Å². The van der Waals surface area contributed by atoms with E-state index in [-0.39, 0.29) is 29.4 Å². The van der Waals surface area contributed by atoms with Gasteiger partial charge in [0, 0.05) is 60.8 Å². The summed E-state index contributed by atoms with van der Waals surface area (Å²) >= 11 is 0. The fourth-order valence-corrected chi connectivity index (χ4v) is 6.78. The number of rotatable bonds is 11. The van der Waals surface area contributed by atoms with Crippen LogP contribution in [0.4, 0.5) is 5.82 Å². The first-order valence-corrected chi connectivity index (χ1v) is 18.0. The van der Waals surface area contributed by atoms with Crippen LogP contribution in [0.1, 0.15) is 95.3 Å². The van der Waals surface area contributed by atoms with E-state index in [4.69, 9.17) is 24.8 Å². The monoisotopic (exact) mass is 687 g/mol. The van der Waals surface area contributed by atoms with Crippen LogP contribution in [0.3, 0.4) is 0 Å². The lowest BCUT2D eigenvalue weighted by Gasteiger charge is -2.36. The maximum Gasteiger partial charge on any atom is 0.316 e. The fraction of sp³-hybridized carbons (Fsp3) is 0.450. The maximum atomic E-state index is 14.0. The third-order valence-corrected chi connectivity index (χ3v) is 9.70. The van der Waals surface area contributed by atoms with Gasteiger partial charge in [-0.3, -0.25) is 19.4 Å². The Morgan fingerprint density at radius 3 is 2.25 bits per heavy atom. The van der Waals surface area contributed by atoms with Crippen LogP contribution in [-0.2, 0) is 23.1 Å². The van der Waals surface area contributed by atoms with Crippen molar-refractivity contribution in [3.63, 3.8) is 0 Å². The van der Waals surface area contributed by atoms with E-state index in [0.717, 1.165) is 71.6 Å². The van der Waals surface area contributed by atoms with Crippen LogP contribution in [-0.4, -0.2) is 58.7 Å². The van der Waals surface area contributed by atoms with Gasteiger partial charge in [0.05, 0.1) is 30.9 Å². The van der Waals surface area contributed by atoms with Crippen molar-refractivity contribution in [2.24, 2.45) is 5.92 Å². The number of amides is 1. The summed E-state index contributed by atoms with van der Waals surface area (Å²) in [6.07, 6.45) is 16.3. The topological polar surface area (TPSA) is 125 Å². The van der Waals surface area contributed by atoms with E-state index in [1.54, 1.807) is 24.8 Å². The number of anilines is 1. The minimum Gasteiger partial charge on any atom is -0.467 e. The smallest absolute Gasteiger partial charge is 0.316 e. The molecule has 4 aromatic heterocycles. The predicted molar refractivity (Wildman–Crippen MR) is 198 cm³/mol. The second-order valence-electron chi connectivity index (χ2n) is 14.9. The molecular weight excluding hydrogens is 639 g/mol. The van der Waals surface area contributed by atoms with Crippen LogP contribution in [0.2, 0.25) is 0 Å². The first-order chi connectivity index (χ1) is 24.5. The molecule has 1 fully saturated rings. The zero-order chi connectivity index (χ0) is 36.1. The average Bonchev–Trinajstić information content (AvgIpc) is 3.53. The van der Waals surface area contributed by atoms with Crippen LogP contribution in [0.5, 0.6) is 6.01 Å². The Kier molecular flexibility index (Phi) is 10.8. The number of aromatic nitrogens is 8.